The summed E-state index contributed by atoms with van der Waals surface area (Å²) in [7, 11) is 0. The van der Waals surface area contributed by atoms with Crippen LogP contribution in [-0.2, 0) is 0 Å². The molecule has 1 atom stereocenters. The molecule has 0 saturated carbocycles. The van der Waals surface area contributed by atoms with Crippen LogP contribution in [0.15, 0.2) is 29.6 Å². The van der Waals surface area contributed by atoms with Crippen molar-refractivity contribution in [1.82, 2.24) is 4.98 Å². The van der Waals surface area contributed by atoms with Crippen LogP contribution < -0.4 is 5.73 Å². The predicted octanol–water partition coefficient (Wildman–Crippen LogP) is 2.11. The van der Waals surface area contributed by atoms with E-state index in [2.05, 4.69) is 11.9 Å². The fourth-order valence-corrected chi connectivity index (χ4v) is 2.22. The van der Waals surface area contributed by atoms with Crippen LogP contribution in [0.4, 0.5) is 0 Å². The molecular formula is C12H14N2OS. The summed E-state index contributed by atoms with van der Waals surface area (Å²) in [5, 5.41) is 12.2. The highest BCUT2D eigenvalue weighted by Gasteiger charge is 2.10. The zero-order valence-electron chi connectivity index (χ0n) is 9.05. The minimum Gasteiger partial charge on any atom is -0.385 e. The number of nitrogens with two attached hydrogens (primary N) is 1. The van der Waals surface area contributed by atoms with Gasteiger partial charge in [-0.05, 0) is 6.92 Å². The zero-order chi connectivity index (χ0) is 11.5. The van der Waals surface area contributed by atoms with Crippen molar-refractivity contribution < 1.29 is 5.11 Å². The third-order valence-corrected chi connectivity index (χ3v) is 3.32. The van der Waals surface area contributed by atoms with Gasteiger partial charge < -0.3 is 10.8 Å². The molecule has 0 spiro atoms. The Morgan fingerprint density at radius 3 is 2.69 bits per heavy atom. The number of benzene rings is 1. The SMILES string of the molecule is Cc1ccc(-c2csc(C(O)CN)n2)cc1. The average molecular weight is 234 g/mol. The number of aliphatic hydroxyl groups excluding tert-OH is 1. The van der Waals surface area contributed by atoms with E-state index in [1.165, 1.54) is 16.9 Å². The van der Waals surface area contributed by atoms with E-state index >= 15 is 0 Å². The van der Waals surface area contributed by atoms with Crippen molar-refractivity contribution in [2.75, 3.05) is 6.54 Å². The van der Waals surface area contributed by atoms with Crippen LogP contribution in [0.25, 0.3) is 11.3 Å². The lowest BCUT2D eigenvalue weighted by atomic mass is 10.1. The van der Waals surface area contributed by atoms with Crippen LogP contribution in [-0.4, -0.2) is 16.6 Å². The first-order valence-electron chi connectivity index (χ1n) is 5.11. The Kier molecular flexibility index (Phi) is 3.33. The topological polar surface area (TPSA) is 59.1 Å². The van der Waals surface area contributed by atoms with Gasteiger partial charge in [0.25, 0.3) is 0 Å². The number of hydrogen-bond acceptors (Lipinski definition) is 4. The Labute approximate surface area is 98.6 Å². The highest BCUT2D eigenvalue weighted by atomic mass is 32.1. The van der Waals surface area contributed by atoms with Gasteiger partial charge in [-0.1, -0.05) is 29.8 Å². The zero-order valence-corrected chi connectivity index (χ0v) is 9.87. The van der Waals surface area contributed by atoms with Gasteiger partial charge in [-0.25, -0.2) is 4.98 Å². The molecule has 4 heteroatoms. The van der Waals surface area contributed by atoms with Crippen LogP contribution in [0.3, 0.4) is 0 Å². The largest absolute Gasteiger partial charge is 0.385 e. The minimum atomic E-state index is -0.649. The summed E-state index contributed by atoms with van der Waals surface area (Å²) in [6.07, 6.45) is -0.649. The van der Waals surface area contributed by atoms with Crippen LogP contribution in [0.2, 0.25) is 0 Å². The summed E-state index contributed by atoms with van der Waals surface area (Å²) >= 11 is 1.44. The fourth-order valence-electron chi connectivity index (χ4n) is 1.40. The molecule has 3 nitrogen and oxygen atoms in total. The molecule has 0 aliphatic heterocycles. The maximum atomic E-state index is 9.56. The van der Waals surface area contributed by atoms with Gasteiger partial charge in [0.1, 0.15) is 11.1 Å². The second-order valence-electron chi connectivity index (χ2n) is 3.69. The Bertz CT molecular complexity index is 464. The molecule has 2 rings (SSSR count). The Hall–Kier alpha value is -1.23. The predicted molar refractivity (Wildman–Crippen MR) is 66.3 cm³/mol. The van der Waals surface area contributed by atoms with E-state index in [4.69, 9.17) is 5.73 Å². The van der Waals surface area contributed by atoms with Gasteiger partial charge in [0.2, 0.25) is 0 Å². The van der Waals surface area contributed by atoms with E-state index in [0.29, 0.717) is 5.01 Å². The summed E-state index contributed by atoms with van der Waals surface area (Å²) in [6.45, 7) is 2.26. The lowest BCUT2D eigenvalue weighted by Crippen LogP contribution is -2.10. The quantitative estimate of drug-likeness (QED) is 0.855. The Morgan fingerprint density at radius 2 is 2.06 bits per heavy atom. The lowest BCUT2D eigenvalue weighted by Gasteiger charge is -2.01. The van der Waals surface area contributed by atoms with E-state index in [0.717, 1.165) is 11.3 Å². The molecule has 1 aromatic carbocycles. The highest BCUT2D eigenvalue weighted by molar-refractivity contribution is 7.10. The second kappa shape index (κ2) is 4.74. The molecular weight excluding hydrogens is 220 g/mol. The first-order valence-corrected chi connectivity index (χ1v) is 5.99. The van der Waals surface area contributed by atoms with Gasteiger partial charge in [-0.2, -0.15) is 0 Å². The van der Waals surface area contributed by atoms with Gasteiger partial charge in [-0.15, -0.1) is 11.3 Å². The number of rotatable bonds is 3. The van der Waals surface area contributed by atoms with E-state index < -0.39 is 6.10 Å². The molecule has 84 valence electrons. The van der Waals surface area contributed by atoms with Crippen LogP contribution in [0.1, 0.15) is 16.7 Å². The van der Waals surface area contributed by atoms with Gasteiger partial charge in [-0.3, -0.25) is 0 Å². The second-order valence-corrected chi connectivity index (χ2v) is 4.58. The maximum absolute atomic E-state index is 9.56. The van der Waals surface area contributed by atoms with Gasteiger partial charge in [0.05, 0.1) is 5.69 Å². The monoisotopic (exact) mass is 234 g/mol. The normalized spacial score (nSPS) is 12.7. The molecule has 16 heavy (non-hydrogen) atoms. The summed E-state index contributed by atoms with van der Waals surface area (Å²) in [6, 6.07) is 8.16. The smallest absolute Gasteiger partial charge is 0.123 e. The molecule has 2 aromatic rings. The fraction of sp³-hybridized carbons (Fsp3) is 0.250. The van der Waals surface area contributed by atoms with Crippen molar-refractivity contribution in [2.45, 2.75) is 13.0 Å². The van der Waals surface area contributed by atoms with Gasteiger partial charge in [0.15, 0.2) is 0 Å². The summed E-state index contributed by atoms with van der Waals surface area (Å²) in [5.41, 5.74) is 8.57. The number of thiazole rings is 1. The number of nitrogens with zero attached hydrogens (tertiary/aromatic N) is 1. The number of aromatic nitrogens is 1. The first-order chi connectivity index (χ1) is 7.70. The highest BCUT2D eigenvalue weighted by Crippen LogP contribution is 2.25. The summed E-state index contributed by atoms with van der Waals surface area (Å²) in [4.78, 5) is 4.37. The number of hydrogen-bond donors (Lipinski definition) is 2. The number of aryl methyl sites for hydroxylation is 1. The molecule has 0 saturated heterocycles. The lowest BCUT2D eigenvalue weighted by molar-refractivity contribution is 0.186. The molecule has 0 aliphatic carbocycles. The summed E-state index contributed by atoms with van der Waals surface area (Å²) < 4.78 is 0. The van der Waals surface area contributed by atoms with Crippen molar-refractivity contribution >= 4 is 11.3 Å². The van der Waals surface area contributed by atoms with Crippen LogP contribution in [0.5, 0.6) is 0 Å². The van der Waals surface area contributed by atoms with E-state index in [9.17, 15) is 5.11 Å². The summed E-state index contributed by atoms with van der Waals surface area (Å²) in [5.74, 6) is 0. The first kappa shape index (κ1) is 11.3. The maximum Gasteiger partial charge on any atom is 0.123 e. The van der Waals surface area contributed by atoms with Crippen molar-refractivity contribution in [3.8, 4) is 11.3 Å². The Morgan fingerprint density at radius 1 is 1.38 bits per heavy atom. The van der Waals surface area contributed by atoms with Gasteiger partial charge >= 0.3 is 0 Å². The van der Waals surface area contributed by atoms with E-state index in [1.54, 1.807) is 0 Å². The Balaban J connectivity index is 2.28. The van der Waals surface area contributed by atoms with Gasteiger partial charge in [0, 0.05) is 17.5 Å². The van der Waals surface area contributed by atoms with Crippen molar-refractivity contribution in [3.05, 3.63) is 40.2 Å². The van der Waals surface area contributed by atoms with E-state index in [1.807, 2.05) is 29.6 Å². The molecule has 1 aromatic heterocycles. The molecule has 0 aliphatic rings. The third-order valence-electron chi connectivity index (χ3n) is 2.38. The molecule has 1 heterocycles. The average Bonchev–Trinajstić information content (AvgIpc) is 2.78. The molecule has 0 fully saturated rings. The van der Waals surface area contributed by atoms with Crippen molar-refractivity contribution in [2.24, 2.45) is 5.73 Å². The molecule has 0 radical (unpaired) electrons. The molecule has 3 N–H and O–H groups in total. The van der Waals surface area contributed by atoms with Crippen LogP contribution in [0, 0.1) is 6.92 Å². The van der Waals surface area contributed by atoms with E-state index in [-0.39, 0.29) is 6.54 Å². The molecule has 0 amide bonds. The minimum absolute atomic E-state index is 0.209. The third kappa shape index (κ3) is 2.29. The van der Waals surface area contributed by atoms with Crippen molar-refractivity contribution in [3.63, 3.8) is 0 Å². The molecule has 1 unspecified atom stereocenters. The van der Waals surface area contributed by atoms with Crippen molar-refractivity contribution in [1.29, 1.82) is 0 Å². The number of aliphatic hydroxyl groups is 1. The standard InChI is InChI=1S/C12H14N2OS/c1-8-2-4-9(5-3-8)10-7-16-12(14-10)11(15)6-13/h2-5,7,11,15H,6,13H2,1H3. The molecule has 0 bridgehead atoms. The van der Waals surface area contributed by atoms with Crippen LogP contribution >= 0.6 is 11.3 Å².